The van der Waals surface area contributed by atoms with Crippen LogP contribution in [0.2, 0.25) is 0 Å². The molecule has 27 heavy (non-hydrogen) atoms. The molecule has 0 spiro atoms. The fourth-order valence-corrected chi connectivity index (χ4v) is 3.81. The zero-order valence-electron chi connectivity index (χ0n) is 16.3. The van der Waals surface area contributed by atoms with Crippen LogP contribution in [-0.4, -0.2) is 16.7 Å². The van der Waals surface area contributed by atoms with Crippen molar-refractivity contribution in [3.8, 4) is 23.3 Å². The van der Waals surface area contributed by atoms with Crippen LogP contribution >= 0.6 is 0 Å². The van der Waals surface area contributed by atoms with Gasteiger partial charge in [0.1, 0.15) is 17.3 Å². The van der Waals surface area contributed by atoms with Crippen LogP contribution in [-0.2, 0) is 5.41 Å². The third-order valence-electron chi connectivity index (χ3n) is 5.20. The van der Waals surface area contributed by atoms with Crippen molar-refractivity contribution < 1.29 is 9.47 Å². The Labute approximate surface area is 159 Å². The second kappa shape index (κ2) is 5.35. The summed E-state index contributed by atoms with van der Waals surface area (Å²) in [4.78, 5) is 9.56. The van der Waals surface area contributed by atoms with Gasteiger partial charge in [0.05, 0.1) is 5.46 Å². The molecule has 1 aromatic heterocycles. The summed E-state index contributed by atoms with van der Waals surface area (Å²) in [6, 6.07) is 12.7. The van der Waals surface area contributed by atoms with Gasteiger partial charge in [0.2, 0.25) is 11.8 Å². The van der Waals surface area contributed by atoms with Crippen molar-refractivity contribution in [3.63, 3.8) is 0 Å². The highest BCUT2D eigenvalue weighted by Crippen LogP contribution is 2.34. The molecule has 0 atom stereocenters. The standard InChI is InChI=1S/C22H21BN2O2/c1-12-7-9-16-15(10-12)23-14-8-6-13(2)11-17(14)27-20-18(23)19(26-16)24-21(25-20)22(3,4)5/h6-11H,1-5H3. The zero-order valence-corrected chi connectivity index (χ0v) is 16.3. The molecule has 3 heterocycles. The Morgan fingerprint density at radius 2 is 1.41 bits per heavy atom. The second-order valence-corrected chi connectivity index (χ2v) is 8.54. The van der Waals surface area contributed by atoms with E-state index in [0.29, 0.717) is 11.8 Å². The van der Waals surface area contributed by atoms with E-state index < -0.39 is 0 Å². The van der Waals surface area contributed by atoms with Crippen molar-refractivity contribution in [2.45, 2.75) is 40.0 Å². The number of rotatable bonds is 0. The van der Waals surface area contributed by atoms with E-state index in [9.17, 15) is 0 Å². The highest BCUT2D eigenvalue weighted by atomic mass is 16.5. The normalized spacial score (nSPS) is 13.9. The number of aromatic nitrogens is 2. The molecule has 0 radical (unpaired) electrons. The third-order valence-corrected chi connectivity index (χ3v) is 5.20. The van der Waals surface area contributed by atoms with Crippen molar-refractivity contribution in [2.24, 2.45) is 0 Å². The van der Waals surface area contributed by atoms with E-state index >= 15 is 0 Å². The number of fused-ring (bicyclic) bond motifs is 4. The molecule has 2 aliphatic heterocycles. The van der Waals surface area contributed by atoms with Gasteiger partial charge < -0.3 is 9.47 Å². The van der Waals surface area contributed by atoms with Gasteiger partial charge in [-0.15, -0.1) is 0 Å². The first-order valence-corrected chi connectivity index (χ1v) is 9.30. The minimum absolute atomic E-state index is 0.0250. The van der Waals surface area contributed by atoms with E-state index in [-0.39, 0.29) is 12.1 Å². The van der Waals surface area contributed by atoms with Gasteiger partial charge in [0, 0.05) is 5.41 Å². The highest BCUT2D eigenvalue weighted by Gasteiger charge is 2.42. The Bertz CT molecular complexity index is 1100. The number of hydrogen-bond acceptors (Lipinski definition) is 4. The first-order chi connectivity index (χ1) is 12.8. The fraction of sp³-hybridized carbons (Fsp3) is 0.273. The van der Waals surface area contributed by atoms with Gasteiger partial charge in [-0.3, -0.25) is 0 Å². The summed E-state index contributed by atoms with van der Waals surface area (Å²) in [5.74, 6) is 3.67. The van der Waals surface area contributed by atoms with Gasteiger partial charge in [-0.2, -0.15) is 9.97 Å². The monoisotopic (exact) mass is 356 g/mol. The van der Waals surface area contributed by atoms with E-state index in [1.165, 1.54) is 11.1 Å². The fourth-order valence-electron chi connectivity index (χ4n) is 3.81. The molecule has 0 bridgehead atoms. The van der Waals surface area contributed by atoms with E-state index in [1.54, 1.807) is 0 Å². The van der Waals surface area contributed by atoms with Gasteiger partial charge in [-0.25, -0.2) is 0 Å². The van der Waals surface area contributed by atoms with E-state index in [1.807, 2.05) is 6.07 Å². The summed E-state index contributed by atoms with van der Waals surface area (Å²) in [6.07, 6.45) is 0. The van der Waals surface area contributed by atoms with E-state index in [2.05, 4.69) is 65.0 Å². The van der Waals surface area contributed by atoms with Gasteiger partial charge in [0.15, 0.2) is 0 Å². The topological polar surface area (TPSA) is 44.2 Å². The first-order valence-electron chi connectivity index (χ1n) is 9.30. The molecule has 2 aliphatic rings. The number of benzene rings is 2. The van der Waals surface area contributed by atoms with Crippen LogP contribution in [0.5, 0.6) is 23.3 Å². The van der Waals surface area contributed by atoms with E-state index in [0.717, 1.165) is 33.7 Å². The predicted octanol–water partition coefficient (Wildman–Crippen LogP) is 3.12. The maximum atomic E-state index is 6.26. The summed E-state index contributed by atoms with van der Waals surface area (Å²) in [5.41, 5.74) is 5.38. The Balaban J connectivity index is 1.83. The average molecular weight is 356 g/mol. The van der Waals surface area contributed by atoms with Crippen LogP contribution in [0.25, 0.3) is 0 Å². The molecule has 134 valence electrons. The smallest absolute Gasteiger partial charge is 0.265 e. The van der Waals surface area contributed by atoms with Crippen molar-refractivity contribution >= 4 is 23.1 Å². The third kappa shape index (κ3) is 2.45. The maximum Gasteiger partial charge on any atom is 0.265 e. The minimum atomic E-state index is -0.200. The highest BCUT2D eigenvalue weighted by molar-refractivity contribution is 6.98. The van der Waals surface area contributed by atoms with Crippen LogP contribution in [0.4, 0.5) is 0 Å². The van der Waals surface area contributed by atoms with E-state index in [4.69, 9.17) is 19.4 Å². The van der Waals surface area contributed by atoms with Gasteiger partial charge in [-0.05, 0) is 42.5 Å². The molecule has 0 saturated heterocycles. The average Bonchev–Trinajstić information content (AvgIpc) is 2.60. The summed E-state index contributed by atoms with van der Waals surface area (Å²) in [7, 11) is 0. The molecule has 5 heteroatoms. The number of ether oxygens (including phenoxy) is 2. The van der Waals surface area contributed by atoms with Crippen LogP contribution in [0.1, 0.15) is 37.7 Å². The number of hydrogen-bond donors (Lipinski definition) is 0. The molecule has 5 rings (SSSR count). The van der Waals surface area contributed by atoms with Crippen molar-refractivity contribution in [1.82, 2.24) is 9.97 Å². The zero-order chi connectivity index (χ0) is 18.9. The summed E-state index contributed by atoms with van der Waals surface area (Å²) in [5, 5.41) is 0. The van der Waals surface area contributed by atoms with Crippen LogP contribution in [0.3, 0.4) is 0 Å². The molecule has 0 fully saturated rings. The Kier molecular flexibility index (Phi) is 3.24. The summed E-state index contributed by atoms with van der Waals surface area (Å²) in [6.45, 7) is 10.5. The summed E-state index contributed by atoms with van der Waals surface area (Å²) >= 11 is 0. The molecular formula is C22H21BN2O2. The van der Waals surface area contributed by atoms with Crippen LogP contribution in [0.15, 0.2) is 36.4 Å². The Morgan fingerprint density at radius 1 is 0.778 bits per heavy atom. The summed E-state index contributed by atoms with van der Waals surface area (Å²) < 4.78 is 12.5. The lowest BCUT2D eigenvalue weighted by Crippen LogP contribution is -2.58. The van der Waals surface area contributed by atoms with Gasteiger partial charge >= 0.3 is 0 Å². The van der Waals surface area contributed by atoms with Crippen molar-refractivity contribution in [3.05, 3.63) is 53.3 Å². The molecule has 0 saturated carbocycles. The second-order valence-electron chi connectivity index (χ2n) is 8.54. The Morgan fingerprint density at radius 3 is 2.11 bits per heavy atom. The number of aryl methyl sites for hydroxylation is 2. The SMILES string of the molecule is Cc1ccc2c(c1)Oc1nc(C(C)(C)C)nc3c1B2c1cc(C)ccc1O3. The quantitative estimate of drug-likeness (QED) is 0.400. The molecule has 0 aliphatic carbocycles. The molecule has 4 nitrogen and oxygen atoms in total. The molecular weight excluding hydrogens is 335 g/mol. The maximum absolute atomic E-state index is 6.26. The Hall–Kier alpha value is -2.82. The van der Waals surface area contributed by atoms with Crippen molar-refractivity contribution in [2.75, 3.05) is 0 Å². The molecule has 3 aromatic rings. The van der Waals surface area contributed by atoms with Crippen LogP contribution < -0.4 is 25.9 Å². The van der Waals surface area contributed by atoms with Gasteiger partial charge in [0.25, 0.3) is 6.71 Å². The minimum Gasteiger partial charge on any atom is -0.440 e. The largest absolute Gasteiger partial charge is 0.440 e. The predicted molar refractivity (Wildman–Crippen MR) is 108 cm³/mol. The van der Waals surface area contributed by atoms with Gasteiger partial charge in [-0.1, -0.05) is 50.6 Å². The lowest BCUT2D eigenvalue weighted by Gasteiger charge is -2.33. The molecule has 2 aromatic carbocycles. The lowest BCUT2D eigenvalue weighted by atomic mass is 9.35. The molecule has 0 N–H and O–H groups in total. The first kappa shape index (κ1) is 16.4. The number of nitrogens with zero attached hydrogens (tertiary/aromatic N) is 2. The lowest BCUT2D eigenvalue weighted by molar-refractivity contribution is 0.418. The van der Waals surface area contributed by atoms with Crippen molar-refractivity contribution in [1.29, 1.82) is 0 Å². The molecule has 0 amide bonds. The molecule has 0 unspecified atom stereocenters. The van der Waals surface area contributed by atoms with Crippen LogP contribution in [0, 0.1) is 13.8 Å².